The standard InChI is InChI=1S/C21H27N5O2/c1-28-19-16-25(15-14-24-11-6-3-7-12-24)23-20(21(19)27)18-10-13-26(22-18)17-8-4-2-5-9-17/h2,4-5,8-10,13,16,18,22H,3,6-7,11-12,14-15H2,1H3. The molecular weight excluding hydrogens is 354 g/mol. The number of benzene rings is 1. The van der Waals surface area contributed by atoms with Gasteiger partial charge in [-0.25, -0.2) is 5.43 Å². The number of methoxy groups -OCH3 is 1. The molecule has 0 saturated carbocycles. The number of likely N-dealkylation sites (tertiary alicyclic amines) is 1. The van der Waals surface area contributed by atoms with Gasteiger partial charge >= 0.3 is 0 Å². The summed E-state index contributed by atoms with van der Waals surface area (Å²) in [4.78, 5) is 15.2. The lowest BCUT2D eigenvalue weighted by Crippen LogP contribution is -2.36. The Balaban J connectivity index is 1.51. The molecule has 1 fully saturated rings. The zero-order valence-corrected chi connectivity index (χ0v) is 16.3. The molecule has 28 heavy (non-hydrogen) atoms. The zero-order chi connectivity index (χ0) is 19.3. The highest BCUT2D eigenvalue weighted by Crippen LogP contribution is 2.22. The first-order valence-electron chi connectivity index (χ1n) is 9.91. The molecule has 1 atom stereocenters. The smallest absolute Gasteiger partial charge is 0.247 e. The Bertz CT molecular complexity index is 874. The van der Waals surface area contributed by atoms with E-state index in [0.29, 0.717) is 11.4 Å². The molecule has 7 heteroatoms. The second-order valence-corrected chi connectivity index (χ2v) is 7.23. The van der Waals surface area contributed by atoms with E-state index in [4.69, 9.17) is 4.74 Å². The van der Waals surface area contributed by atoms with Gasteiger partial charge in [-0.2, -0.15) is 5.10 Å². The van der Waals surface area contributed by atoms with Crippen molar-refractivity contribution >= 4 is 5.69 Å². The van der Waals surface area contributed by atoms with Gasteiger partial charge in [0.25, 0.3) is 0 Å². The molecule has 2 aromatic rings. The predicted octanol–water partition coefficient (Wildman–Crippen LogP) is 2.32. The summed E-state index contributed by atoms with van der Waals surface area (Å²) in [6.45, 7) is 3.96. The Labute approximate surface area is 165 Å². The third-order valence-electron chi connectivity index (χ3n) is 5.31. The number of hydrogen-bond acceptors (Lipinski definition) is 6. The maximum absolute atomic E-state index is 12.8. The van der Waals surface area contributed by atoms with Crippen molar-refractivity contribution in [2.24, 2.45) is 0 Å². The summed E-state index contributed by atoms with van der Waals surface area (Å²) in [6, 6.07) is 9.67. The minimum atomic E-state index is -0.288. The molecule has 3 heterocycles. The zero-order valence-electron chi connectivity index (χ0n) is 16.3. The first kappa shape index (κ1) is 18.7. The average Bonchev–Trinajstić information content (AvgIpc) is 3.24. The number of nitrogens with zero attached hydrogens (tertiary/aromatic N) is 4. The first-order valence-corrected chi connectivity index (χ1v) is 9.91. The fourth-order valence-corrected chi connectivity index (χ4v) is 3.73. The minimum absolute atomic E-state index is 0.172. The lowest BCUT2D eigenvalue weighted by molar-refractivity contribution is 0.216. The second-order valence-electron chi connectivity index (χ2n) is 7.23. The summed E-state index contributed by atoms with van der Waals surface area (Å²) in [7, 11) is 1.53. The van der Waals surface area contributed by atoms with Gasteiger partial charge in [-0.15, -0.1) is 0 Å². The van der Waals surface area contributed by atoms with Crippen molar-refractivity contribution in [2.75, 3.05) is 31.8 Å². The van der Waals surface area contributed by atoms with Crippen LogP contribution in [0.1, 0.15) is 31.0 Å². The average molecular weight is 381 g/mol. The molecule has 1 saturated heterocycles. The van der Waals surface area contributed by atoms with Gasteiger partial charge in [0.05, 0.1) is 31.6 Å². The van der Waals surface area contributed by atoms with E-state index in [-0.39, 0.29) is 11.5 Å². The molecule has 4 rings (SSSR count). The Morgan fingerprint density at radius 1 is 1.14 bits per heavy atom. The Hall–Kier alpha value is -2.64. The van der Waals surface area contributed by atoms with Crippen LogP contribution in [-0.4, -0.2) is 41.4 Å². The van der Waals surface area contributed by atoms with Crippen LogP contribution < -0.4 is 20.6 Å². The van der Waals surface area contributed by atoms with E-state index in [9.17, 15) is 4.79 Å². The first-order chi connectivity index (χ1) is 13.7. The van der Waals surface area contributed by atoms with Crippen LogP contribution in [-0.2, 0) is 6.54 Å². The monoisotopic (exact) mass is 381 g/mol. The van der Waals surface area contributed by atoms with Crippen molar-refractivity contribution in [1.82, 2.24) is 20.1 Å². The van der Waals surface area contributed by atoms with Gasteiger partial charge in [-0.05, 0) is 44.1 Å². The van der Waals surface area contributed by atoms with Crippen LogP contribution in [0.3, 0.4) is 0 Å². The maximum Gasteiger partial charge on any atom is 0.247 e. The predicted molar refractivity (Wildman–Crippen MR) is 109 cm³/mol. The third-order valence-corrected chi connectivity index (χ3v) is 5.31. The van der Waals surface area contributed by atoms with E-state index in [1.165, 1.54) is 26.4 Å². The van der Waals surface area contributed by atoms with E-state index < -0.39 is 0 Å². The molecule has 1 N–H and O–H groups in total. The number of anilines is 1. The molecule has 0 radical (unpaired) electrons. The quantitative estimate of drug-likeness (QED) is 0.829. The van der Waals surface area contributed by atoms with Crippen molar-refractivity contribution in [2.45, 2.75) is 31.8 Å². The van der Waals surface area contributed by atoms with Gasteiger partial charge in [-0.1, -0.05) is 24.6 Å². The van der Waals surface area contributed by atoms with Crippen LogP contribution in [0.4, 0.5) is 5.69 Å². The largest absolute Gasteiger partial charge is 0.491 e. The van der Waals surface area contributed by atoms with Crippen molar-refractivity contribution in [3.8, 4) is 5.75 Å². The van der Waals surface area contributed by atoms with Crippen molar-refractivity contribution < 1.29 is 4.74 Å². The molecule has 0 amide bonds. The van der Waals surface area contributed by atoms with Gasteiger partial charge in [0.2, 0.25) is 5.43 Å². The van der Waals surface area contributed by atoms with Gasteiger partial charge in [0, 0.05) is 12.7 Å². The van der Waals surface area contributed by atoms with Crippen LogP contribution in [0, 0.1) is 0 Å². The lowest BCUT2D eigenvalue weighted by atomic mass is 10.1. The molecule has 0 aliphatic carbocycles. The normalized spacial score (nSPS) is 19.9. The van der Waals surface area contributed by atoms with Crippen molar-refractivity contribution in [1.29, 1.82) is 0 Å². The van der Waals surface area contributed by atoms with E-state index in [1.54, 1.807) is 6.20 Å². The van der Waals surface area contributed by atoms with Gasteiger partial charge in [-0.3, -0.25) is 14.5 Å². The van der Waals surface area contributed by atoms with E-state index in [2.05, 4.69) is 15.4 Å². The molecule has 2 aliphatic heterocycles. The number of ether oxygens (including phenoxy) is 1. The van der Waals surface area contributed by atoms with E-state index in [1.807, 2.05) is 52.3 Å². The number of hydrazine groups is 1. The van der Waals surface area contributed by atoms with E-state index in [0.717, 1.165) is 31.9 Å². The fourth-order valence-electron chi connectivity index (χ4n) is 3.73. The molecule has 2 aliphatic rings. The molecule has 0 spiro atoms. The summed E-state index contributed by atoms with van der Waals surface area (Å²) in [5, 5.41) is 6.54. The van der Waals surface area contributed by atoms with Crippen LogP contribution in [0.15, 0.2) is 53.6 Å². The third kappa shape index (κ3) is 4.10. The second kappa shape index (κ2) is 8.58. The Morgan fingerprint density at radius 2 is 1.93 bits per heavy atom. The Morgan fingerprint density at radius 3 is 2.68 bits per heavy atom. The topological polar surface area (TPSA) is 62.6 Å². The number of aromatic nitrogens is 2. The number of hydrogen-bond donors (Lipinski definition) is 1. The van der Waals surface area contributed by atoms with Crippen molar-refractivity contribution in [3.05, 3.63) is 64.7 Å². The minimum Gasteiger partial charge on any atom is -0.491 e. The lowest BCUT2D eigenvalue weighted by Gasteiger charge is -2.26. The summed E-state index contributed by atoms with van der Waals surface area (Å²) in [6.07, 6.45) is 9.44. The summed E-state index contributed by atoms with van der Waals surface area (Å²) in [5.41, 5.74) is 4.62. The Kier molecular flexibility index (Phi) is 5.73. The van der Waals surface area contributed by atoms with Crippen LogP contribution in [0.2, 0.25) is 0 Å². The SMILES string of the molecule is COc1cn(CCN2CCCCC2)nc(C2C=CN(c3ccccc3)N2)c1=O. The fraction of sp³-hybridized carbons (Fsp3) is 0.429. The molecule has 1 aromatic carbocycles. The highest BCUT2D eigenvalue weighted by atomic mass is 16.5. The summed E-state index contributed by atoms with van der Waals surface area (Å²) < 4.78 is 7.17. The molecule has 1 unspecified atom stereocenters. The molecule has 0 bridgehead atoms. The number of nitrogens with one attached hydrogen (secondary N) is 1. The van der Waals surface area contributed by atoms with Crippen molar-refractivity contribution in [3.63, 3.8) is 0 Å². The molecular formula is C21H27N5O2. The van der Waals surface area contributed by atoms with Crippen LogP contribution in [0.5, 0.6) is 5.75 Å². The van der Waals surface area contributed by atoms with Crippen LogP contribution in [0.25, 0.3) is 0 Å². The molecule has 1 aromatic heterocycles. The van der Waals surface area contributed by atoms with Gasteiger partial charge in [0.1, 0.15) is 5.69 Å². The van der Waals surface area contributed by atoms with Gasteiger partial charge in [0.15, 0.2) is 5.75 Å². The maximum atomic E-state index is 12.8. The van der Waals surface area contributed by atoms with E-state index >= 15 is 0 Å². The number of rotatable bonds is 6. The highest BCUT2D eigenvalue weighted by molar-refractivity contribution is 5.50. The number of para-hydroxylation sites is 1. The summed E-state index contributed by atoms with van der Waals surface area (Å²) >= 11 is 0. The van der Waals surface area contributed by atoms with Crippen LogP contribution >= 0.6 is 0 Å². The van der Waals surface area contributed by atoms with Gasteiger partial charge < -0.3 is 9.64 Å². The molecule has 7 nitrogen and oxygen atoms in total. The molecule has 148 valence electrons. The summed E-state index contributed by atoms with van der Waals surface area (Å²) in [5.74, 6) is 0.331. The highest BCUT2D eigenvalue weighted by Gasteiger charge is 2.24. The number of piperidine rings is 1.